The molecule has 2 aliphatic heterocycles. The van der Waals surface area contributed by atoms with Gasteiger partial charge >= 0.3 is 12.0 Å². The summed E-state index contributed by atoms with van der Waals surface area (Å²) < 4.78 is 5.40. The Bertz CT molecular complexity index is 614. The maximum atomic E-state index is 12.6. The fraction of sp³-hybridized carbons (Fsp3) is 0.529. The van der Waals surface area contributed by atoms with E-state index >= 15 is 0 Å². The molecule has 7 heteroatoms. The number of amides is 2. The first-order chi connectivity index (χ1) is 11.6. The van der Waals surface area contributed by atoms with Crippen molar-refractivity contribution in [3.05, 3.63) is 24.3 Å². The quantitative estimate of drug-likeness (QED) is 0.907. The minimum absolute atomic E-state index is 0.153. The number of nitrogens with zero attached hydrogens (tertiary/aromatic N) is 3. The number of hydrogen-bond acceptors (Lipinski definition) is 4. The van der Waals surface area contributed by atoms with Gasteiger partial charge in [0.1, 0.15) is 11.8 Å². The molecule has 2 heterocycles. The molecule has 1 atom stereocenters. The Kier molecular flexibility index (Phi) is 4.78. The van der Waals surface area contributed by atoms with Gasteiger partial charge < -0.3 is 24.5 Å². The van der Waals surface area contributed by atoms with Crippen molar-refractivity contribution >= 4 is 17.7 Å². The third kappa shape index (κ3) is 3.11. The van der Waals surface area contributed by atoms with Crippen LogP contribution < -0.4 is 9.64 Å². The highest BCUT2D eigenvalue weighted by atomic mass is 16.5. The number of ether oxygens (including phenoxy) is 1. The monoisotopic (exact) mass is 333 g/mol. The Morgan fingerprint density at radius 2 is 1.83 bits per heavy atom. The minimum Gasteiger partial charge on any atom is -0.495 e. The normalized spacial score (nSPS) is 21.0. The van der Waals surface area contributed by atoms with Gasteiger partial charge in [-0.05, 0) is 25.0 Å². The second kappa shape index (κ2) is 6.98. The molecule has 1 unspecified atom stereocenters. The number of piperazine rings is 1. The Labute approximate surface area is 141 Å². The molecule has 0 aliphatic carbocycles. The van der Waals surface area contributed by atoms with Gasteiger partial charge in [-0.1, -0.05) is 12.1 Å². The van der Waals surface area contributed by atoms with Crippen LogP contribution in [0.1, 0.15) is 12.8 Å². The molecule has 1 aromatic carbocycles. The number of rotatable bonds is 3. The highest BCUT2D eigenvalue weighted by Gasteiger charge is 2.37. The lowest BCUT2D eigenvalue weighted by molar-refractivity contribution is -0.141. The van der Waals surface area contributed by atoms with Gasteiger partial charge in [0.05, 0.1) is 12.8 Å². The zero-order valence-corrected chi connectivity index (χ0v) is 13.9. The number of urea groups is 1. The summed E-state index contributed by atoms with van der Waals surface area (Å²) in [6.07, 6.45) is 1.30. The average Bonchev–Trinajstić information content (AvgIpc) is 3.11. The largest absolute Gasteiger partial charge is 0.495 e. The molecule has 0 spiro atoms. The summed E-state index contributed by atoms with van der Waals surface area (Å²) in [4.78, 5) is 29.4. The van der Waals surface area contributed by atoms with E-state index in [1.54, 1.807) is 12.0 Å². The van der Waals surface area contributed by atoms with Gasteiger partial charge in [-0.15, -0.1) is 0 Å². The molecular formula is C17H23N3O4. The standard InChI is InChI=1S/C17H23N3O4/c1-24-15-7-3-2-5-13(15)18-9-11-19(12-10-18)17(23)20-8-4-6-14(20)16(21)22/h2-3,5,7,14H,4,6,8-12H2,1H3,(H,21,22). The van der Waals surface area contributed by atoms with Crippen LogP contribution in [0.4, 0.5) is 10.5 Å². The van der Waals surface area contributed by atoms with E-state index in [1.165, 1.54) is 4.90 Å². The second-order valence-electron chi connectivity index (χ2n) is 6.12. The van der Waals surface area contributed by atoms with Gasteiger partial charge in [-0.2, -0.15) is 0 Å². The van der Waals surface area contributed by atoms with Crippen molar-refractivity contribution in [3.63, 3.8) is 0 Å². The molecule has 0 bridgehead atoms. The zero-order valence-electron chi connectivity index (χ0n) is 13.9. The van der Waals surface area contributed by atoms with Gasteiger partial charge in [0.25, 0.3) is 0 Å². The Hall–Kier alpha value is -2.44. The molecule has 24 heavy (non-hydrogen) atoms. The molecule has 3 rings (SSSR count). The van der Waals surface area contributed by atoms with Crippen molar-refractivity contribution in [3.8, 4) is 5.75 Å². The third-order valence-electron chi connectivity index (χ3n) is 4.76. The number of likely N-dealkylation sites (tertiary alicyclic amines) is 1. The number of aliphatic carboxylic acids is 1. The average molecular weight is 333 g/mol. The summed E-state index contributed by atoms with van der Waals surface area (Å²) in [6, 6.07) is 7.01. The first kappa shape index (κ1) is 16.4. The van der Waals surface area contributed by atoms with Crippen LogP contribution in [0.2, 0.25) is 0 Å². The number of methoxy groups -OCH3 is 1. The Morgan fingerprint density at radius 1 is 1.12 bits per heavy atom. The van der Waals surface area contributed by atoms with Crippen LogP contribution in [0.15, 0.2) is 24.3 Å². The smallest absolute Gasteiger partial charge is 0.326 e. The van der Waals surface area contributed by atoms with E-state index in [-0.39, 0.29) is 6.03 Å². The van der Waals surface area contributed by atoms with E-state index in [4.69, 9.17) is 4.74 Å². The van der Waals surface area contributed by atoms with Crippen molar-refractivity contribution in [2.24, 2.45) is 0 Å². The van der Waals surface area contributed by atoms with Crippen molar-refractivity contribution in [2.75, 3.05) is 44.7 Å². The summed E-state index contributed by atoms with van der Waals surface area (Å²) >= 11 is 0. The highest BCUT2D eigenvalue weighted by Crippen LogP contribution is 2.28. The fourth-order valence-corrected chi connectivity index (χ4v) is 3.46. The van der Waals surface area contributed by atoms with E-state index < -0.39 is 12.0 Å². The van der Waals surface area contributed by atoms with E-state index in [1.807, 2.05) is 24.3 Å². The SMILES string of the molecule is COc1ccccc1N1CCN(C(=O)N2CCCC2C(=O)O)CC1. The topological polar surface area (TPSA) is 73.3 Å². The lowest BCUT2D eigenvalue weighted by Crippen LogP contribution is -2.54. The molecule has 0 aromatic heterocycles. The van der Waals surface area contributed by atoms with Crippen LogP contribution in [0, 0.1) is 0 Å². The molecule has 2 aliphatic rings. The predicted molar refractivity (Wildman–Crippen MR) is 89.5 cm³/mol. The predicted octanol–water partition coefficient (Wildman–Crippen LogP) is 1.49. The van der Waals surface area contributed by atoms with Crippen LogP contribution >= 0.6 is 0 Å². The molecule has 1 aromatic rings. The van der Waals surface area contributed by atoms with Gasteiger partial charge in [-0.25, -0.2) is 9.59 Å². The summed E-state index contributed by atoms with van der Waals surface area (Å²) in [5, 5.41) is 9.24. The number of carbonyl (C=O) groups excluding carboxylic acids is 1. The maximum absolute atomic E-state index is 12.6. The van der Waals surface area contributed by atoms with E-state index in [2.05, 4.69) is 4.90 Å². The molecule has 130 valence electrons. The first-order valence-electron chi connectivity index (χ1n) is 8.28. The summed E-state index contributed by atoms with van der Waals surface area (Å²) in [6.45, 7) is 3.11. The Morgan fingerprint density at radius 3 is 2.50 bits per heavy atom. The van der Waals surface area contributed by atoms with Gasteiger partial charge in [0.15, 0.2) is 0 Å². The van der Waals surface area contributed by atoms with E-state index in [0.29, 0.717) is 39.1 Å². The number of carbonyl (C=O) groups is 2. The molecule has 0 saturated carbocycles. The molecule has 1 N–H and O–H groups in total. The molecule has 2 saturated heterocycles. The second-order valence-corrected chi connectivity index (χ2v) is 6.12. The van der Waals surface area contributed by atoms with Crippen molar-refractivity contribution < 1.29 is 19.4 Å². The van der Waals surface area contributed by atoms with Gasteiger partial charge in [0.2, 0.25) is 0 Å². The lowest BCUT2D eigenvalue weighted by Gasteiger charge is -2.38. The number of anilines is 1. The Balaban J connectivity index is 1.62. The number of carboxylic acids is 1. The van der Waals surface area contributed by atoms with Gasteiger partial charge in [-0.3, -0.25) is 0 Å². The van der Waals surface area contributed by atoms with Crippen LogP contribution in [0.5, 0.6) is 5.75 Å². The number of hydrogen-bond donors (Lipinski definition) is 1. The van der Waals surface area contributed by atoms with Crippen LogP contribution in [0.25, 0.3) is 0 Å². The van der Waals surface area contributed by atoms with Crippen LogP contribution in [-0.4, -0.2) is 72.8 Å². The number of para-hydroxylation sites is 2. The van der Waals surface area contributed by atoms with E-state index in [9.17, 15) is 14.7 Å². The molecule has 2 amide bonds. The minimum atomic E-state index is -0.909. The molecule has 0 radical (unpaired) electrons. The van der Waals surface area contributed by atoms with Gasteiger partial charge in [0, 0.05) is 32.7 Å². The summed E-state index contributed by atoms with van der Waals surface area (Å²) in [7, 11) is 1.65. The molecule has 2 fully saturated rings. The van der Waals surface area contributed by atoms with Crippen molar-refractivity contribution in [1.82, 2.24) is 9.80 Å². The van der Waals surface area contributed by atoms with E-state index in [0.717, 1.165) is 17.9 Å². The lowest BCUT2D eigenvalue weighted by atomic mass is 10.2. The van der Waals surface area contributed by atoms with Crippen molar-refractivity contribution in [1.29, 1.82) is 0 Å². The van der Waals surface area contributed by atoms with Crippen LogP contribution in [-0.2, 0) is 4.79 Å². The maximum Gasteiger partial charge on any atom is 0.326 e. The molecular weight excluding hydrogens is 310 g/mol. The number of benzene rings is 1. The zero-order chi connectivity index (χ0) is 17.1. The summed E-state index contributed by atoms with van der Waals surface area (Å²) in [5.74, 6) is -0.0868. The third-order valence-corrected chi connectivity index (χ3v) is 4.76. The fourth-order valence-electron chi connectivity index (χ4n) is 3.46. The first-order valence-corrected chi connectivity index (χ1v) is 8.28. The highest BCUT2D eigenvalue weighted by molar-refractivity contribution is 5.83. The van der Waals surface area contributed by atoms with Crippen molar-refractivity contribution in [2.45, 2.75) is 18.9 Å². The van der Waals surface area contributed by atoms with Crippen LogP contribution in [0.3, 0.4) is 0 Å². The number of carboxylic acid groups (broad SMARTS) is 1. The summed E-state index contributed by atoms with van der Waals surface area (Å²) in [5.41, 5.74) is 1.02. The molecule has 7 nitrogen and oxygen atoms in total.